The fourth-order valence-corrected chi connectivity index (χ4v) is 3.14. The van der Waals surface area contributed by atoms with Crippen molar-refractivity contribution in [2.24, 2.45) is 0 Å². The summed E-state index contributed by atoms with van der Waals surface area (Å²) in [6.07, 6.45) is 4.38. The molecule has 3 heteroatoms. The van der Waals surface area contributed by atoms with Crippen LogP contribution in [-0.2, 0) is 6.42 Å². The number of rotatable bonds is 2. The molecule has 2 nitrogen and oxygen atoms in total. The summed E-state index contributed by atoms with van der Waals surface area (Å²) < 4.78 is 1.000. The predicted octanol–water partition coefficient (Wildman–Crippen LogP) is 4.74. The topological polar surface area (TPSA) is 20.3 Å². The van der Waals surface area contributed by atoms with Gasteiger partial charge in [0, 0.05) is 22.3 Å². The van der Waals surface area contributed by atoms with Crippen LogP contribution >= 0.6 is 15.9 Å². The first kappa shape index (κ1) is 13.4. The minimum Gasteiger partial charge on any atom is -0.341 e. The number of para-hydroxylation sites is 1. The molecule has 102 valence electrons. The second kappa shape index (κ2) is 5.80. The van der Waals surface area contributed by atoms with Crippen LogP contribution in [0, 0.1) is 0 Å². The van der Waals surface area contributed by atoms with Gasteiger partial charge in [-0.3, -0.25) is 4.79 Å². The van der Waals surface area contributed by atoms with E-state index in [1.54, 1.807) is 0 Å². The lowest BCUT2D eigenvalue weighted by Crippen LogP contribution is -2.19. The van der Waals surface area contributed by atoms with Crippen LogP contribution < -0.4 is 4.90 Å². The summed E-state index contributed by atoms with van der Waals surface area (Å²) in [5.41, 5.74) is 4.32. The molecule has 0 N–H and O–H groups in total. The van der Waals surface area contributed by atoms with Gasteiger partial charge in [-0.15, -0.1) is 0 Å². The van der Waals surface area contributed by atoms with Crippen molar-refractivity contribution < 1.29 is 4.79 Å². The van der Waals surface area contributed by atoms with E-state index in [0.717, 1.165) is 41.4 Å². The maximum atomic E-state index is 11.3. The molecule has 0 spiro atoms. The van der Waals surface area contributed by atoms with Crippen molar-refractivity contribution in [3.05, 3.63) is 58.1 Å². The Labute approximate surface area is 127 Å². The van der Waals surface area contributed by atoms with Gasteiger partial charge in [0.25, 0.3) is 0 Å². The molecule has 0 amide bonds. The molecule has 2 aromatic rings. The maximum Gasteiger partial charge on any atom is 0.152 e. The zero-order valence-electron chi connectivity index (χ0n) is 11.2. The predicted molar refractivity (Wildman–Crippen MR) is 85.9 cm³/mol. The van der Waals surface area contributed by atoms with Crippen LogP contribution in [0.3, 0.4) is 0 Å². The van der Waals surface area contributed by atoms with Gasteiger partial charge >= 0.3 is 0 Å². The first-order valence-corrected chi connectivity index (χ1v) is 7.69. The van der Waals surface area contributed by atoms with Crippen molar-refractivity contribution in [3.63, 3.8) is 0 Å². The van der Waals surface area contributed by atoms with Crippen LogP contribution in [0.15, 0.2) is 46.9 Å². The fourth-order valence-electron chi connectivity index (χ4n) is 2.79. The highest BCUT2D eigenvalue weighted by Gasteiger charge is 2.18. The molecule has 0 aliphatic carbocycles. The van der Waals surface area contributed by atoms with E-state index in [9.17, 15) is 4.79 Å². The highest BCUT2D eigenvalue weighted by atomic mass is 79.9. The average Bonchev–Trinajstić information content (AvgIpc) is 2.69. The quantitative estimate of drug-likeness (QED) is 0.742. The van der Waals surface area contributed by atoms with Gasteiger partial charge in [0.05, 0.1) is 5.69 Å². The number of benzene rings is 2. The minimum atomic E-state index is 0.741. The van der Waals surface area contributed by atoms with Gasteiger partial charge in [0.2, 0.25) is 0 Å². The third kappa shape index (κ3) is 2.50. The number of carbonyl (C=O) groups is 1. The van der Waals surface area contributed by atoms with Crippen LogP contribution in [0.4, 0.5) is 11.4 Å². The smallest absolute Gasteiger partial charge is 0.152 e. The molecule has 3 rings (SSSR count). The van der Waals surface area contributed by atoms with Crippen molar-refractivity contribution in [3.8, 4) is 0 Å². The van der Waals surface area contributed by atoms with Gasteiger partial charge < -0.3 is 4.90 Å². The van der Waals surface area contributed by atoms with Gasteiger partial charge in [-0.1, -0.05) is 34.1 Å². The molecule has 1 heterocycles. The third-order valence-corrected chi connectivity index (χ3v) is 4.26. The SMILES string of the molecule is O=Cc1ccc(Br)cc1N1CCCCc2ccccc21. The number of hydrogen-bond acceptors (Lipinski definition) is 2. The molecule has 1 aliphatic heterocycles. The molecule has 0 bridgehead atoms. The van der Waals surface area contributed by atoms with E-state index in [-0.39, 0.29) is 0 Å². The second-order valence-electron chi connectivity index (χ2n) is 5.06. The Morgan fingerprint density at radius 2 is 1.90 bits per heavy atom. The van der Waals surface area contributed by atoms with Gasteiger partial charge in [0.1, 0.15) is 0 Å². The lowest BCUT2D eigenvalue weighted by Gasteiger charge is -2.26. The Bertz CT molecular complexity index is 639. The van der Waals surface area contributed by atoms with Gasteiger partial charge in [-0.2, -0.15) is 0 Å². The molecule has 0 aromatic heterocycles. The Morgan fingerprint density at radius 3 is 2.75 bits per heavy atom. The summed E-state index contributed by atoms with van der Waals surface area (Å²) in [5.74, 6) is 0. The lowest BCUT2D eigenvalue weighted by atomic mass is 10.1. The molecule has 0 unspecified atom stereocenters. The summed E-state index contributed by atoms with van der Waals surface area (Å²) in [6, 6.07) is 14.3. The first-order valence-electron chi connectivity index (χ1n) is 6.90. The normalized spacial score (nSPS) is 14.6. The number of anilines is 2. The molecule has 0 radical (unpaired) electrons. The monoisotopic (exact) mass is 329 g/mol. The Kier molecular flexibility index (Phi) is 3.88. The van der Waals surface area contributed by atoms with E-state index < -0.39 is 0 Å². The van der Waals surface area contributed by atoms with Crippen molar-refractivity contribution in [2.45, 2.75) is 19.3 Å². The number of carbonyl (C=O) groups excluding carboxylic acids is 1. The van der Waals surface area contributed by atoms with Crippen molar-refractivity contribution in [1.82, 2.24) is 0 Å². The molecule has 2 aromatic carbocycles. The Morgan fingerprint density at radius 1 is 1.05 bits per heavy atom. The van der Waals surface area contributed by atoms with Crippen LogP contribution in [0.25, 0.3) is 0 Å². The number of nitrogens with zero attached hydrogens (tertiary/aromatic N) is 1. The van der Waals surface area contributed by atoms with E-state index in [0.29, 0.717) is 0 Å². The van der Waals surface area contributed by atoms with E-state index >= 15 is 0 Å². The largest absolute Gasteiger partial charge is 0.341 e. The van der Waals surface area contributed by atoms with E-state index in [1.165, 1.54) is 17.7 Å². The highest BCUT2D eigenvalue weighted by Crippen LogP contribution is 2.35. The number of aryl methyl sites for hydroxylation is 1. The van der Waals surface area contributed by atoms with Crippen molar-refractivity contribution in [1.29, 1.82) is 0 Å². The molecule has 0 fully saturated rings. The molecule has 0 saturated carbocycles. The number of aldehydes is 1. The van der Waals surface area contributed by atoms with Gasteiger partial charge in [-0.05, 0) is 49.1 Å². The summed E-state index contributed by atoms with van der Waals surface area (Å²) in [5, 5.41) is 0. The molecule has 0 atom stereocenters. The van der Waals surface area contributed by atoms with Gasteiger partial charge in [0.15, 0.2) is 6.29 Å². The van der Waals surface area contributed by atoms with Crippen LogP contribution in [0.5, 0.6) is 0 Å². The van der Waals surface area contributed by atoms with Crippen LogP contribution in [-0.4, -0.2) is 12.8 Å². The first-order chi connectivity index (χ1) is 9.79. The zero-order chi connectivity index (χ0) is 13.9. The number of hydrogen-bond donors (Lipinski definition) is 0. The number of halogens is 1. The van der Waals surface area contributed by atoms with Crippen LogP contribution in [0.1, 0.15) is 28.8 Å². The zero-order valence-corrected chi connectivity index (χ0v) is 12.8. The van der Waals surface area contributed by atoms with Gasteiger partial charge in [-0.25, -0.2) is 0 Å². The van der Waals surface area contributed by atoms with Crippen molar-refractivity contribution >= 4 is 33.6 Å². The third-order valence-electron chi connectivity index (χ3n) is 3.77. The Balaban J connectivity index is 2.14. The maximum absolute atomic E-state index is 11.3. The standard InChI is InChI=1S/C17H16BrNO/c18-15-9-8-14(12-20)17(11-15)19-10-4-3-6-13-5-1-2-7-16(13)19/h1-2,5,7-9,11-12H,3-4,6,10H2. The minimum absolute atomic E-state index is 0.741. The van der Waals surface area contributed by atoms with E-state index in [1.807, 2.05) is 18.2 Å². The van der Waals surface area contributed by atoms with Crippen LogP contribution in [0.2, 0.25) is 0 Å². The summed E-state index contributed by atoms with van der Waals surface area (Å²) in [6.45, 7) is 0.953. The van der Waals surface area contributed by atoms with E-state index in [2.05, 4.69) is 45.1 Å². The second-order valence-corrected chi connectivity index (χ2v) is 5.97. The molecule has 1 aliphatic rings. The summed E-state index contributed by atoms with van der Waals surface area (Å²) in [7, 11) is 0. The Hall–Kier alpha value is -1.61. The molecule has 0 saturated heterocycles. The number of fused-ring (bicyclic) bond motifs is 1. The lowest BCUT2D eigenvalue weighted by molar-refractivity contribution is 0.112. The molecule has 20 heavy (non-hydrogen) atoms. The fraction of sp³-hybridized carbons (Fsp3) is 0.235. The summed E-state index contributed by atoms with van der Waals surface area (Å²) in [4.78, 5) is 13.6. The highest BCUT2D eigenvalue weighted by molar-refractivity contribution is 9.10. The average molecular weight is 330 g/mol. The van der Waals surface area contributed by atoms with E-state index in [4.69, 9.17) is 0 Å². The van der Waals surface area contributed by atoms with Crippen molar-refractivity contribution in [2.75, 3.05) is 11.4 Å². The molecular formula is C17H16BrNO. The molecular weight excluding hydrogens is 314 g/mol. The summed E-state index contributed by atoms with van der Waals surface area (Å²) >= 11 is 3.51.